The molecule has 0 bridgehead atoms. The number of nitrogens with zero attached hydrogens (tertiary/aromatic N) is 1. The summed E-state index contributed by atoms with van der Waals surface area (Å²) in [5, 5.41) is 3.76. The van der Waals surface area contributed by atoms with Crippen molar-refractivity contribution < 1.29 is 14.3 Å². The van der Waals surface area contributed by atoms with E-state index < -0.39 is 0 Å². The van der Waals surface area contributed by atoms with Crippen LogP contribution in [0.3, 0.4) is 0 Å². The molecule has 0 saturated heterocycles. The van der Waals surface area contributed by atoms with E-state index in [0.717, 1.165) is 5.03 Å². The van der Waals surface area contributed by atoms with Crippen LogP contribution in [0.25, 0.3) is 0 Å². The van der Waals surface area contributed by atoms with Crippen LogP contribution in [-0.2, 0) is 4.79 Å². The molecule has 0 aliphatic carbocycles. The van der Waals surface area contributed by atoms with E-state index in [0.29, 0.717) is 29.4 Å². The second-order valence-corrected chi connectivity index (χ2v) is 5.53. The molecule has 2 rings (SSSR count). The Balaban J connectivity index is 1.86. The molecule has 0 aliphatic heterocycles. The van der Waals surface area contributed by atoms with E-state index in [9.17, 15) is 4.79 Å². The van der Waals surface area contributed by atoms with E-state index in [2.05, 4.69) is 10.3 Å². The summed E-state index contributed by atoms with van der Waals surface area (Å²) in [7, 11) is 3.15. The molecule has 0 atom stereocenters. The number of nitrogens with one attached hydrogen (secondary N) is 1. The Morgan fingerprint density at radius 2 is 1.91 bits per heavy atom. The SMILES string of the molecule is COc1cc(NC(=O)CCSc2ccccn2)cc(OC)c1. The van der Waals surface area contributed by atoms with Crippen LogP contribution in [0.4, 0.5) is 5.69 Å². The summed E-state index contributed by atoms with van der Waals surface area (Å²) in [6.45, 7) is 0. The van der Waals surface area contributed by atoms with E-state index in [-0.39, 0.29) is 5.91 Å². The molecule has 0 radical (unpaired) electrons. The Bertz CT molecular complexity index is 598. The monoisotopic (exact) mass is 318 g/mol. The third-order valence-corrected chi connectivity index (χ3v) is 3.80. The third-order valence-electron chi connectivity index (χ3n) is 2.85. The molecule has 0 saturated carbocycles. The Labute approximate surface area is 134 Å². The molecule has 1 aromatic heterocycles. The number of anilines is 1. The highest BCUT2D eigenvalue weighted by Gasteiger charge is 2.06. The van der Waals surface area contributed by atoms with E-state index >= 15 is 0 Å². The van der Waals surface area contributed by atoms with Crippen LogP contribution in [0.1, 0.15) is 6.42 Å². The van der Waals surface area contributed by atoms with Crippen LogP contribution in [-0.4, -0.2) is 30.9 Å². The zero-order chi connectivity index (χ0) is 15.8. The summed E-state index contributed by atoms with van der Waals surface area (Å²) in [5.41, 5.74) is 0.657. The summed E-state index contributed by atoms with van der Waals surface area (Å²) in [4.78, 5) is 16.2. The van der Waals surface area contributed by atoms with E-state index in [1.165, 1.54) is 0 Å². The van der Waals surface area contributed by atoms with Crippen LogP contribution in [0.15, 0.2) is 47.6 Å². The van der Waals surface area contributed by atoms with Crippen LogP contribution < -0.4 is 14.8 Å². The Morgan fingerprint density at radius 3 is 2.50 bits per heavy atom. The van der Waals surface area contributed by atoms with Gasteiger partial charge in [0.15, 0.2) is 0 Å². The lowest BCUT2D eigenvalue weighted by Crippen LogP contribution is -2.12. The Morgan fingerprint density at radius 1 is 1.18 bits per heavy atom. The van der Waals surface area contributed by atoms with Gasteiger partial charge in [0.1, 0.15) is 11.5 Å². The van der Waals surface area contributed by atoms with E-state index in [1.807, 2.05) is 18.2 Å². The highest BCUT2D eigenvalue weighted by molar-refractivity contribution is 7.99. The van der Waals surface area contributed by atoms with Gasteiger partial charge in [-0.3, -0.25) is 4.79 Å². The maximum absolute atomic E-state index is 12.0. The minimum atomic E-state index is -0.0567. The number of hydrogen-bond donors (Lipinski definition) is 1. The molecule has 1 N–H and O–H groups in total. The fraction of sp³-hybridized carbons (Fsp3) is 0.250. The molecule has 0 aliphatic rings. The predicted octanol–water partition coefficient (Wildman–Crippen LogP) is 3.22. The van der Waals surface area contributed by atoms with Crippen molar-refractivity contribution in [2.24, 2.45) is 0 Å². The van der Waals surface area contributed by atoms with Gasteiger partial charge in [-0.2, -0.15) is 0 Å². The average Bonchev–Trinajstić information content (AvgIpc) is 2.55. The van der Waals surface area contributed by atoms with Gasteiger partial charge in [-0.15, -0.1) is 11.8 Å². The molecule has 6 heteroatoms. The number of thioether (sulfide) groups is 1. The molecular weight excluding hydrogens is 300 g/mol. The lowest BCUT2D eigenvalue weighted by molar-refractivity contribution is -0.115. The quantitative estimate of drug-likeness (QED) is 0.794. The summed E-state index contributed by atoms with van der Waals surface area (Å²) >= 11 is 1.55. The molecule has 1 amide bonds. The highest BCUT2D eigenvalue weighted by atomic mass is 32.2. The summed E-state index contributed by atoms with van der Waals surface area (Å²) in [6.07, 6.45) is 2.14. The normalized spacial score (nSPS) is 10.1. The molecule has 116 valence electrons. The molecule has 0 fully saturated rings. The number of methoxy groups -OCH3 is 2. The van der Waals surface area contributed by atoms with Gasteiger partial charge >= 0.3 is 0 Å². The first-order chi connectivity index (χ1) is 10.7. The largest absolute Gasteiger partial charge is 0.497 e. The van der Waals surface area contributed by atoms with Crippen molar-refractivity contribution in [2.75, 3.05) is 25.3 Å². The maximum atomic E-state index is 12.0. The average molecular weight is 318 g/mol. The fourth-order valence-corrected chi connectivity index (χ4v) is 2.59. The summed E-state index contributed by atoms with van der Waals surface area (Å²) < 4.78 is 10.3. The number of aromatic nitrogens is 1. The molecular formula is C16H18N2O3S. The van der Waals surface area contributed by atoms with Crippen molar-refractivity contribution in [2.45, 2.75) is 11.4 Å². The van der Waals surface area contributed by atoms with Gasteiger partial charge in [0.05, 0.1) is 19.2 Å². The zero-order valence-corrected chi connectivity index (χ0v) is 13.4. The first-order valence-corrected chi connectivity index (χ1v) is 7.76. The van der Waals surface area contributed by atoms with Gasteiger partial charge in [0, 0.05) is 42.3 Å². The molecule has 0 unspecified atom stereocenters. The second kappa shape index (κ2) is 8.29. The van der Waals surface area contributed by atoms with Crippen LogP contribution >= 0.6 is 11.8 Å². The van der Waals surface area contributed by atoms with Crippen LogP contribution in [0, 0.1) is 0 Å². The molecule has 22 heavy (non-hydrogen) atoms. The highest BCUT2D eigenvalue weighted by Crippen LogP contribution is 2.26. The van der Waals surface area contributed by atoms with Crippen molar-refractivity contribution in [3.63, 3.8) is 0 Å². The first kappa shape index (κ1) is 16.2. The zero-order valence-electron chi connectivity index (χ0n) is 12.5. The number of carbonyl (C=O) groups excluding carboxylic acids is 1. The molecule has 0 spiro atoms. The van der Waals surface area contributed by atoms with Crippen molar-refractivity contribution in [1.29, 1.82) is 0 Å². The predicted molar refractivity (Wildman–Crippen MR) is 87.8 cm³/mol. The van der Waals surface area contributed by atoms with Gasteiger partial charge in [-0.25, -0.2) is 4.98 Å². The van der Waals surface area contributed by atoms with E-state index in [1.54, 1.807) is 50.4 Å². The maximum Gasteiger partial charge on any atom is 0.225 e. The van der Waals surface area contributed by atoms with Gasteiger partial charge in [0.2, 0.25) is 5.91 Å². The molecule has 2 aromatic rings. The smallest absolute Gasteiger partial charge is 0.225 e. The van der Waals surface area contributed by atoms with Crippen molar-refractivity contribution in [1.82, 2.24) is 4.98 Å². The third kappa shape index (κ3) is 4.96. The van der Waals surface area contributed by atoms with Gasteiger partial charge in [-0.05, 0) is 12.1 Å². The summed E-state index contributed by atoms with van der Waals surface area (Å²) in [6, 6.07) is 11.0. The lowest BCUT2D eigenvalue weighted by atomic mass is 10.2. The number of carbonyl (C=O) groups is 1. The lowest BCUT2D eigenvalue weighted by Gasteiger charge is -2.09. The fourth-order valence-electron chi connectivity index (χ4n) is 1.78. The molecule has 1 aromatic carbocycles. The first-order valence-electron chi connectivity index (χ1n) is 6.78. The van der Waals surface area contributed by atoms with Gasteiger partial charge in [0.25, 0.3) is 0 Å². The number of benzene rings is 1. The topological polar surface area (TPSA) is 60.5 Å². The Kier molecular flexibility index (Phi) is 6.09. The van der Waals surface area contributed by atoms with Crippen molar-refractivity contribution in [3.8, 4) is 11.5 Å². The molecule has 5 nitrogen and oxygen atoms in total. The number of amides is 1. The standard InChI is InChI=1S/C16H18N2O3S/c1-20-13-9-12(10-14(11-13)21-2)18-15(19)6-8-22-16-5-3-4-7-17-16/h3-5,7,9-11H,6,8H2,1-2H3,(H,18,19). The Hall–Kier alpha value is -2.21. The van der Waals surface area contributed by atoms with Gasteiger partial charge < -0.3 is 14.8 Å². The van der Waals surface area contributed by atoms with Crippen molar-refractivity contribution >= 4 is 23.4 Å². The second-order valence-electron chi connectivity index (χ2n) is 4.42. The number of hydrogen-bond acceptors (Lipinski definition) is 5. The van der Waals surface area contributed by atoms with E-state index in [4.69, 9.17) is 9.47 Å². The van der Waals surface area contributed by atoms with Crippen molar-refractivity contribution in [3.05, 3.63) is 42.6 Å². The minimum absolute atomic E-state index is 0.0567. The molecule has 1 heterocycles. The van der Waals surface area contributed by atoms with Crippen LogP contribution in [0.5, 0.6) is 11.5 Å². The summed E-state index contributed by atoms with van der Waals surface area (Å²) in [5.74, 6) is 1.89. The number of ether oxygens (including phenoxy) is 2. The van der Waals surface area contributed by atoms with Gasteiger partial charge in [-0.1, -0.05) is 6.07 Å². The minimum Gasteiger partial charge on any atom is -0.497 e. The number of rotatable bonds is 7. The van der Waals surface area contributed by atoms with Crippen LogP contribution in [0.2, 0.25) is 0 Å². The number of pyridine rings is 1.